The lowest BCUT2D eigenvalue weighted by molar-refractivity contribution is 0.389. The third-order valence-electron chi connectivity index (χ3n) is 1.39. The SMILES string of the molecule is CC[C@H](S)C(C)(C)C. The van der Waals surface area contributed by atoms with Gasteiger partial charge in [-0.25, -0.2) is 0 Å². The molecule has 0 amide bonds. The fourth-order valence-corrected chi connectivity index (χ4v) is 0.612. The molecule has 0 aliphatic heterocycles. The molecule has 8 heavy (non-hydrogen) atoms. The first-order chi connectivity index (χ1) is 3.48. The normalized spacial score (nSPS) is 16.1. The molecule has 0 spiro atoms. The van der Waals surface area contributed by atoms with Crippen molar-refractivity contribution < 1.29 is 0 Å². The van der Waals surface area contributed by atoms with Crippen molar-refractivity contribution in [2.75, 3.05) is 0 Å². The number of rotatable bonds is 1. The van der Waals surface area contributed by atoms with Crippen LogP contribution in [0, 0.1) is 5.41 Å². The first-order valence-electron chi connectivity index (χ1n) is 3.16. The highest BCUT2D eigenvalue weighted by atomic mass is 32.1. The average Bonchev–Trinajstić information content (AvgIpc) is 1.62. The first kappa shape index (κ1) is 8.35. The summed E-state index contributed by atoms with van der Waals surface area (Å²) >= 11 is 4.41. The van der Waals surface area contributed by atoms with Crippen molar-refractivity contribution >= 4 is 12.6 Å². The van der Waals surface area contributed by atoms with Gasteiger partial charge in [-0.1, -0.05) is 27.7 Å². The van der Waals surface area contributed by atoms with Crippen molar-refractivity contribution in [2.24, 2.45) is 5.41 Å². The van der Waals surface area contributed by atoms with E-state index >= 15 is 0 Å². The highest BCUT2D eigenvalue weighted by Gasteiger charge is 2.17. The van der Waals surface area contributed by atoms with Crippen molar-refractivity contribution in [3.63, 3.8) is 0 Å². The van der Waals surface area contributed by atoms with Crippen molar-refractivity contribution in [3.8, 4) is 0 Å². The van der Waals surface area contributed by atoms with Gasteiger partial charge in [0.1, 0.15) is 0 Å². The van der Waals surface area contributed by atoms with E-state index in [0.29, 0.717) is 10.7 Å². The van der Waals surface area contributed by atoms with Crippen LogP contribution in [0.5, 0.6) is 0 Å². The molecule has 0 N–H and O–H groups in total. The summed E-state index contributed by atoms with van der Waals surface area (Å²) in [4.78, 5) is 0. The standard InChI is InChI=1S/C7H16S/c1-5-6(8)7(2,3)4/h6,8H,5H2,1-4H3/t6-/m0/s1. The molecule has 0 aromatic carbocycles. The van der Waals surface area contributed by atoms with Gasteiger partial charge in [0.15, 0.2) is 0 Å². The van der Waals surface area contributed by atoms with E-state index in [2.05, 4.69) is 40.3 Å². The lowest BCUT2D eigenvalue weighted by Gasteiger charge is -2.24. The van der Waals surface area contributed by atoms with Crippen LogP contribution in [0.25, 0.3) is 0 Å². The Morgan fingerprint density at radius 3 is 1.75 bits per heavy atom. The van der Waals surface area contributed by atoms with Crippen molar-refractivity contribution in [1.29, 1.82) is 0 Å². The second-order valence-electron chi connectivity index (χ2n) is 3.29. The van der Waals surface area contributed by atoms with Crippen molar-refractivity contribution in [1.82, 2.24) is 0 Å². The molecule has 0 rings (SSSR count). The summed E-state index contributed by atoms with van der Waals surface area (Å²) in [7, 11) is 0. The van der Waals surface area contributed by atoms with Gasteiger partial charge in [0.25, 0.3) is 0 Å². The molecule has 0 nitrogen and oxygen atoms in total. The number of hydrogen-bond acceptors (Lipinski definition) is 1. The van der Waals surface area contributed by atoms with Crippen LogP contribution in [0.3, 0.4) is 0 Å². The molecule has 0 aliphatic carbocycles. The van der Waals surface area contributed by atoms with E-state index < -0.39 is 0 Å². The lowest BCUT2D eigenvalue weighted by atomic mass is 9.90. The molecule has 0 unspecified atom stereocenters. The third kappa shape index (κ3) is 2.61. The second-order valence-corrected chi connectivity index (χ2v) is 3.91. The van der Waals surface area contributed by atoms with Crippen LogP contribution < -0.4 is 0 Å². The molecule has 50 valence electrons. The molecule has 0 aliphatic rings. The second kappa shape index (κ2) is 2.77. The van der Waals surface area contributed by atoms with Gasteiger partial charge >= 0.3 is 0 Å². The highest BCUT2D eigenvalue weighted by Crippen LogP contribution is 2.25. The third-order valence-corrected chi connectivity index (χ3v) is 2.53. The molecule has 0 aromatic heterocycles. The van der Waals surface area contributed by atoms with Gasteiger partial charge in [0.05, 0.1) is 0 Å². The van der Waals surface area contributed by atoms with E-state index in [9.17, 15) is 0 Å². The Hall–Kier alpha value is 0.350. The van der Waals surface area contributed by atoms with Crippen LogP contribution in [-0.2, 0) is 0 Å². The molecule has 0 saturated heterocycles. The Kier molecular flexibility index (Phi) is 2.89. The van der Waals surface area contributed by atoms with Gasteiger partial charge < -0.3 is 0 Å². The smallest absolute Gasteiger partial charge is 0.00627 e. The molecule has 0 saturated carbocycles. The van der Waals surface area contributed by atoms with E-state index in [1.807, 2.05) is 0 Å². The van der Waals surface area contributed by atoms with Crippen LogP contribution >= 0.6 is 12.6 Å². The Balaban J connectivity index is 3.62. The van der Waals surface area contributed by atoms with E-state index in [0.717, 1.165) is 6.42 Å². The maximum absolute atomic E-state index is 4.41. The summed E-state index contributed by atoms with van der Waals surface area (Å²) in [5.74, 6) is 0. The zero-order valence-electron chi connectivity index (χ0n) is 6.23. The monoisotopic (exact) mass is 132 g/mol. The van der Waals surface area contributed by atoms with Gasteiger partial charge in [-0.2, -0.15) is 12.6 Å². The van der Waals surface area contributed by atoms with E-state index in [1.165, 1.54) is 0 Å². The minimum atomic E-state index is 0.373. The molecular formula is C7H16S. The van der Waals surface area contributed by atoms with Gasteiger partial charge in [-0.3, -0.25) is 0 Å². The minimum Gasteiger partial charge on any atom is -0.175 e. The molecule has 0 heterocycles. The largest absolute Gasteiger partial charge is 0.175 e. The summed E-state index contributed by atoms with van der Waals surface area (Å²) in [6.45, 7) is 8.82. The van der Waals surface area contributed by atoms with Crippen molar-refractivity contribution in [3.05, 3.63) is 0 Å². The maximum atomic E-state index is 4.41. The summed E-state index contributed by atoms with van der Waals surface area (Å²) in [6, 6.07) is 0. The van der Waals surface area contributed by atoms with Crippen LogP contribution in [0.15, 0.2) is 0 Å². The quantitative estimate of drug-likeness (QED) is 0.521. The van der Waals surface area contributed by atoms with Gasteiger partial charge in [0.2, 0.25) is 0 Å². The van der Waals surface area contributed by atoms with Crippen LogP contribution in [0.4, 0.5) is 0 Å². The Labute approximate surface area is 58.1 Å². The Morgan fingerprint density at radius 2 is 1.75 bits per heavy atom. The van der Waals surface area contributed by atoms with Gasteiger partial charge in [0, 0.05) is 5.25 Å². The molecule has 0 aromatic rings. The molecule has 0 fully saturated rings. The summed E-state index contributed by atoms with van der Waals surface area (Å²) in [6.07, 6.45) is 1.16. The minimum absolute atomic E-state index is 0.373. The summed E-state index contributed by atoms with van der Waals surface area (Å²) in [5, 5.41) is 0.544. The Bertz CT molecular complexity index is 61.3. The first-order valence-corrected chi connectivity index (χ1v) is 3.68. The van der Waals surface area contributed by atoms with E-state index in [4.69, 9.17) is 0 Å². The highest BCUT2D eigenvalue weighted by molar-refractivity contribution is 7.81. The van der Waals surface area contributed by atoms with E-state index in [1.54, 1.807) is 0 Å². The summed E-state index contributed by atoms with van der Waals surface area (Å²) in [5.41, 5.74) is 0.373. The van der Waals surface area contributed by atoms with Crippen LogP contribution in [0.1, 0.15) is 34.1 Å². The predicted octanol–water partition coefficient (Wildman–Crippen LogP) is 2.74. The fourth-order valence-electron chi connectivity index (χ4n) is 0.612. The molecule has 0 radical (unpaired) electrons. The summed E-state index contributed by atoms with van der Waals surface area (Å²) < 4.78 is 0. The predicted molar refractivity (Wildman–Crippen MR) is 42.5 cm³/mol. The van der Waals surface area contributed by atoms with Crippen LogP contribution in [0.2, 0.25) is 0 Å². The topological polar surface area (TPSA) is 0 Å². The zero-order valence-corrected chi connectivity index (χ0v) is 7.13. The molecule has 1 heteroatoms. The van der Waals surface area contributed by atoms with Gasteiger partial charge in [-0.15, -0.1) is 0 Å². The van der Waals surface area contributed by atoms with Gasteiger partial charge in [-0.05, 0) is 11.8 Å². The average molecular weight is 132 g/mol. The Morgan fingerprint density at radius 1 is 1.38 bits per heavy atom. The van der Waals surface area contributed by atoms with Crippen LogP contribution in [-0.4, -0.2) is 5.25 Å². The van der Waals surface area contributed by atoms with Crippen molar-refractivity contribution in [2.45, 2.75) is 39.4 Å². The van der Waals surface area contributed by atoms with E-state index in [-0.39, 0.29) is 0 Å². The molecule has 1 atom stereocenters. The lowest BCUT2D eigenvalue weighted by Crippen LogP contribution is -2.19. The number of hydrogen-bond donors (Lipinski definition) is 1. The maximum Gasteiger partial charge on any atom is 0.00627 e. The molecular weight excluding hydrogens is 116 g/mol. The fraction of sp³-hybridized carbons (Fsp3) is 1.00. The molecule has 0 bridgehead atoms. The zero-order chi connectivity index (χ0) is 6.78. The number of thiol groups is 1.